The molecule has 7 nitrogen and oxygen atoms in total. The van der Waals surface area contributed by atoms with Gasteiger partial charge in [0, 0.05) is 15.7 Å². The van der Waals surface area contributed by atoms with Crippen molar-refractivity contribution in [2.45, 2.75) is 25.3 Å². The van der Waals surface area contributed by atoms with Gasteiger partial charge in [-0.25, -0.2) is 22.9 Å². The SMILES string of the molecule is Cc1ccc(S(=O)(=O)NC(=O)Nc2ccc3nc(C)n(Cc4ccc(Cl)cc4Cl)c3c2)cc1. The van der Waals surface area contributed by atoms with E-state index in [-0.39, 0.29) is 4.90 Å². The molecule has 4 rings (SSSR count). The molecular formula is C23H20Cl2N4O3S. The summed E-state index contributed by atoms with van der Waals surface area (Å²) >= 11 is 12.3. The van der Waals surface area contributed by atoms with E-state index in [9.17, 15) is 13.2 Å². The van der Waals surface area contributed by atoms with Crippen molar-refractivity contribution in [3.8, 4) is 0 Å². The van der Waals surface area contributed by atoms with E-state index < -0.39 is 16.1 Å². The topological polar surface area (TPSA) is 93.1 Å². The van der Waals surface area contributed by atoms with Gasteiger partial charge in [0.1, 0.15) is 5.82 Å². The van der Waals surface area contributed by atoms with Gasteiger partial charge in [-0.15, -0.1) is 0 Å². The van der Waals surface area contributed by atoms with Crippen LogP contribution < -0.4 is 10.0 Å². The summed E-state index contributed by atoms with van der Waals surface area (Å²) in [6, 6.07) is 15.8. The predicted molar refractivity (Wildman–Crippen MR) is 131 cm³/mol. The lowest BCUT2D eigenvalue weighted by molar-refractivity contribution is 0.256. The first-order valence-electron chi connectivity index (χ1n) is 9.94. The zero-order valence-electron chi connectivity index (χ0n) is 17.8. The first-order chi connectivity index (χ1) is 15.6. The van der Waals surface area contributed by atoms with Crippen molar-refractivity contribution in [1.29, 1.82) is 0 Å². The second-order valence-electron chi connectivity index (χ2n) is 7.56. The number of sulfonamides is 1. The number of carbonyl (C=O) groups excluding carboxylic acids is 1. The van der Waals surface area contributed by atoms with Crippen LogP contribution in [0.25, 0.3) is 11.0 Å². The number of aromatic nitrogens is 2. The molecule has 0 saturated carbocycles. The molecule has 0 radical (unpaired) electrons. The second kappa shape index (κ2) is 9.05. The number of fused-ring (bicyclic) bond motifs is 1. The summed E-state index contributed by atoms with van der Waals surface area (Å²) in [5.74, 6) is 0.763. The van der Waals surface area contributed by atoms with E-state index in [2.05, 4.69) is 10.3 Å². The highest BCUT2D eigenvalue weighted by Gasteiger charge is 2.18. The fourth-order valence-corrected chi connectivity index (χ4v) is 4.77. The van der Waals surface area contributed by atoms with Crippen molar-refractivity contribution in [2.75, 3.05) is 5.32 Å². The molecule has 3 aromatic carbocycles. The standard InChI is InChI=1S/C23H20Cl2N4O3S/c1-14-3-8-19(9-4-14)33(31,32)28-23(30)27-18-7-10-21-22(12-18)29(15(2)26-21)13-16-5-6-17(24)11-20(16)25/h3-12H,13H2,1-2H3,(H2,27,28,30). The van der Waals surface area contributed by atoms with Crippen molar-refractivity contribution >= 4 is 56.0 Å². The van der Waals surface area contributed by atoms with E-state index in [0.717, 1.165) is 28.0 Å². The van der Waals surface area contributed by atoms with Gasteiger partial charge in [-0.05, 0) is 61.9 Å². The van der Waals surface area contributed by atoms with Crippen LogP contribution in [0.4, 0.5) is 10.5 Å². The molecule has 2 amide bonds. The maximum atomic E-state index is 12.5. The molecule has 0 bridgehead atoms. The molecule has 170 valence electrons. The molecule has 0 saturated heterocycles. The number of nitrogens with one attached hydrogen (secondary N) is 2. The first kappa shape index (κ1) is 23.1. The Balaban J connectivity index is 1.57. The lowest BCUT2D eigenvalue weighted by Gasteiger charge is -2.11. The molecule has 0 unspecified atom stereocenters. The number of imidazole rings is 1. The Morgan fingerprint density at radius 3 is 2.42 bits per heavy atom. The highest BCUT2D eigenvalue weighted by atomic mass is 35.5. The molecular weight excluding hydrogens is 483 g/mol. The number of nitrogens with zero attached hydrogens (tertiary/aromatic N) is 2. The number of hydrogen-bond acceptors (Lipinski definition) is 4. The molecule has 10 heteroatoms. The number of anilines is 1. The van der Waals surface area contributed by atoms with Crippen molar-refractivity contribution in [1.82, 2.24) is 14.3 Å². The van der Waals surface area contributed by atoms with Gasteiger partial charge in [0.05, 0.1) is 22.5 Å². The highest BCUT2D eigenvalue weighted by molar-refractivity contribution is 7.90. The Bertz CT molecular complexity index is 1470. The van der Waals surface area contributed by atoms with Crippen LogP contribution in [0.15, 0.2) is 65.6 Å². The third-order valence-corrected chi connectivity index (χ3v) is 7.03. The van der Waals surface area contributed by atoms with Gasteiger partial charge in [-0.2, -0.15) is 0 Å². The summed E-state index contributed by atoms with van der Waals surface area (Å²) in [6.07, 6.45) is 0. The number of urea groups is 1. The van der Waals surface area contributed by atoms with Crippen molar-refractivity contribution in [3.05, 3.63) is 87.7 Å². The van der Waals surface area contributed by atoms with Gasteiger partial charge < -0.3 is 9.88 Å². The molecule has 0 aliphatic rings. The first-order valence-corrected chi connectivity index (χ1v) is 12.2. The third-order valence-electron chi connectivity index (χ3n) is 5.10. The maximum Gasteiger partial charge on any atom is 0.333 e. The van der Waals surface area contributed by atoms with Crippen LogP contribution in [0.3, 0.4) is 0 Å². The quantitative estimate of drug-likeness (QED) is 0.375. The van der Waals surface area contributed by atoms with Crippen LogP contribution in [-0.2, 0) is 16.6 Å². The summed E-state index contributed by atoms with van der Waals surface area (Å²) < 4.78 is 28.9. The molecule has 2 N–H and O–H groups in total. The van der Waals surface area contributed by atoms with Gasteiger partial charge in [0.15, 0.2) is 0 Å². The molecule has 0 atom stereocenters. The molecule has 0 aliphatic carbocycles. The van der Waals surface area contributed by atoms with Gasteiger partial charge >= 0.3 is 6.03 Å². The fourth-order valence-electron chi connectivity index (χ4n) is 3.40. The smallest absolute Gasteiger partial charge is 0.324 e. The second-order valence-corrected chi connectivity index (χ2v) is 10.1. The van der Waals surface area contributed by atoms with Crippen LogP contribution in [0.1, 0.15) is 17.0 Å². The van der Waals surface area contributed by atoms with Crippen LogP contribution in [0, 0.1) is 13.8 Å². The minimum atomic E-state index is -4.00. The molecule has 0 fully saturated rings. The van der Waals surface area contributed by atoms with Crippen molar-refractivity contribution < 1.29 is 13.2 Å². The number of aryl methyl sites for hydroxylation is 2. The average molecular weight is 503 g/mol. The zero-order valence-corrected chi connectivity index (χ0v) is 20.1. The monoisotopic (exact) mass is 502 g/mol. The van der Waals surface area contributed by atoms with Gasteiger partial charge in [-0.1, -0.05) is 47.0 Å². The van der Waals surface area contributed by atoms with Crippen LogP contribution in [0.2, 0.25) is 10.0 Å². The summed E-state index contributed by atoms with van der Waals surface area (Å²) in [6.45, 7) is 4.17. The number of halogens is 2. The van der Waals surface area contributed by atoms with E-state index in [1.54, 1.807) is 42.5 Å². The molecule has 33 heavy (non-hydrogen) atoms. The molecule has 4 aromatic rings. The molecule has 1 aromatic heterocycles. The number of hydrogen-bond donors (Lipinski definition) is 2. The van der Waals surface area contributed by atoms with E-state index in [1.807, 2.05) is 29.2 Å². The number of carbonyl (C=O) groups is 1. The normalized spacial score (nSPS) is 11.5. The van der Waals surface area contributed by atoms with E-state index >= 15 is 0 Å². The zero-order chi connectivity index (χ0) is 23.8. The summed E-state index contributed by atoms with van der Waals surface area (Å²) in [7, 11) is -4.00. The highest BCUT2D eigenvalue weighted by Crippen LogP contribution is 2.26. The Kier molecular flexibility index (Phi) is 6.34. The minimum Gasteiger partial charge on any atom is -0.324 e. The maximum absolute atomic E-state index is 12.5. The average Bonchev–Trinajstić information content (AvgIpc) is 3.04. The number of rotatable bonds is 5. The third kappa shape index (κ3) is 5.13. The molecule has 0 aliphatic heterocycles. The predicted octanol–water partition coefficient (Wildman–Crippen LogP) is 5.52. The Hall–Kier alpha value is -3.07. The summed E-state index contributed by atoms with van der Waals surface area (Å²) in [4.78, 5) is 17.0. The largest absolute Gasteiger partial charge is 0.333 e. The number of amides is 2. The fraction of sp³-hybridized carbons (Fsp3) is 0.130. The summed E-state index contributed by atoms with van der Waals surface area (Å²) in [5, 5.41) is 3.67. The van der Waals surface area contributed by atoms with Gasteiger partial charge in [0.25, 0.3) is 10.0 Å². The summed E-state index contributed by atoms with van der Waals surface area (Å²) in [5.41, 5.74) is 3.69. The Morgan fingerprint density at radius 2 is 1.73 bits per heavy atom. The molecule has 0 spiro atoms. The van der Waals surface area contributed by atoms with Crippen LogP contribution >= 0.6 is 23.2 Å². The Morgan fingerprint density at radius 1 is 1.00 bits per heavy atom. The van der Waals surface area contributed by atoms with Crippen LogP contribution in [-0.4, -0.2) is 24.0 Å². The van der Waals surface area contributed by atoms with Crippen molar-refractivity contribution in [3.63, 3.8) is 0 Å². The molecule has 1 heterocycles. The minimum absolute atomic E-state index is 0.00671. The lowest BCUT2D eigenvalue weighted by Crippen LogP contribution is -2.34. The van der Waals surface area contributed by atoms with Crippen molar-refractivity contribution in [2.24, 2.45) is 0 Å². The lowest BCUT2D eigenvalue weighted by atomic mass is 10.2. The van der Waals surface area contributed by atoms with Gasteiger partial charge in [-0.3, -0.25) is 0 Å². The van der Waals surface area contributed by atoms with Gasteiger partial charge in [0.2, 0.25) is 0 Å². The van der Waals surface area contributed by atoms with E-state index in [0.29, 0.717) is 22.3 Å². The van der Waals surface area contributed by atoms with E-state index in [4.69, 9.17) is 23.2 Å². The Labute approximate surface area is 201 Å². The van der Waals surface area contributed by atoms with Crippen LogP contribution in [0.5, 0.6) is 0 Å². The van der Waals surface area contributed by atoms with E-state index in [1.165, 1.54) is 12.1 Å². The number of benzene rings is 3.